The van der Waals surface area contributed by atoms with Crippen molar-refractivity contribution < 1.29 is 18.3 Å². The van der Waals surface area contributed by atoms with Gasteiger partial charge in [-0.15, -0.1) is 11.3 Å². The summed E-state index contributed by atoms with van der Waals surface area (Å²) in [6.45, 7) is 4.75. The second-order valence-corrected chi connectivity index (χ2v) is 11.8. The van der Waals surface area contributed by atoms with E-state index in [0.717, 1.165) is 29.3 Å². The van der Waals surface area contributed by atoms with Gasteiger partial charge in [-0.05, 0) is 72.8 Å². The minimum atomic E-state index is -1.62. The average molecular weight is 484 g/mol. The van der Waals surface area contributed by atoms with Crippen molar-refractivity contribution in [1.82, 2.24) is 5.32 Å². The fourth-order valence-corrected chi connectivity index (χ4v) is 7.40. The van der Waals surface area contributed by atoms with Gasteiger partial charge < -0.3 is 14.6 Å². The maximum atomic E-state index is 13.4. The molecular formula is C26H29NO4S2. The summed E-state index contributed by atoms with van der Waals surface area (Å²) in [7, 11) is 0. The van der Waals surface area contributed by atoms with Gasteiger partial charge in [-0.25, -0.2) is 4.21 Å². The van der Waals surface area contributed by atoms with Crippen molar-refractivity contribution in [2.45, 2.75) is 44.0 Å². The average Bonchev–Trinajstić information content (AvgIpc) is 3.24. The van der Waals surface area contributed by atoms with Gasteiger partial charge in [0.25, 0.3) is 5.91 Å². The first-order valence-corrected chi connectivity index (χ1v) is 13.4. The van der Waals surface area contributed by atoms with E-state index in [-0.39, 0.29) is 24.0 Å². The quantitative estimate of drug-likeness (QED) is 0.486. The van der Waals surface area contributed by atoms with Crippen LogP contribution in [0.3, 0.4) is 0 Å². The molecule has 1 heterocycles. The number of nitrogens with one attached hydrogen (secondary N) is 1. The highest BCUT2D eigenvalue weighted by atomic mass is 32.2. The maximum Gasteiger partial charge on any atom is 0.252 e. The Kier molecular flexibility index (Phi) is 6.05. The second kappa shape index (κ2) is 8.85. The molecule has 3 saturated carbocycles. The monoisotopic (exact) mass is 483 g/mol. The summed E-state index contributed by atoms with van der Waals surface area (Å²) in [5.74, 6) is 1.81. The van der Waals surface area contributed by atoms with Crippen molar-refractivity contribution >= 4 is 38.4 Å². The van der Waals surface area contributed by atoms with Crippen molar-refractivity contribution in [3.8, 4) is 5.75 Å². The van der Waals surface area contributed by atoms with Gasteiger partial charge in [-0.3, -0.25) is 4.79 Å². The van der Waals surface area contributed by atoms with Crippen LogP contribution >= 0.6 is 11.3 Å². The molecule has 2 unspecified atom stereocenters. The van der Waals surface area contributed by atoms with Crippen molar-refractivity contribution in [2.75, 3.05) is 6.61 Å². The first kappa shape index (κ1) is 22.6. The Morgan fingerprint density at radius 3 is 2.73 bits per heavy atom. The van der Waals surface area contributed by atoms with E-state index in [0.29, 0.717) is 34.0 Å². The normalized spacial score (nSPS) is 26.4. The lowest BCUT2D eigenvalue weighted by molar-refractivity contribution is -0.114. The van der Waals surface area contributed by atoms with Crippen LogP contribution < -0.4 is 9.50 Å². The molecule has 3 aliphatic carbocycles. The lowest BCUT2D eigenvalue weighted by atomic mass is 9.44. The Bertz CT molecular complexity index is 1190. The number of benzene rings is 2. The molecule has 174 valence electrons. The number of rotatable bonds is 7. The summed E-state index contributed by atoms with van der Waals surface area (Å²) in [4.78, 5) is 14.0. The lowest BCUT2D eigenvalue weighted by Gasteiger charge is -2.62. The van der Waals surface area contributed by atoms with Crippen LogP contribution in [-0.2, 0) is 11.1 Å². The van der Waals surface area contributed by atoms with Gasteiger partial charge in [0.2, 0.25) is 11.1 Å². The number of carbonyl (C=O) groups is 1. The third-order valence-corrected chi connectivity index (χ3v) is 9.73. The summed E-state index contributed by atoms with van der Waals surface area (Å²) >= 11 is -0.107. The number of hydrogen-bond donors (Lipinski definition) is 2. The molecule has 0 spiro atoms. The second-order valence-electron chi connectivity index (χ2n) is 9.81. The molecule has 2 aromatic carbocycles. The Morgan fingerprint density at radius 1 is 1.21 bits per heavy atom. The standard InChI is InChI=1S/C26H29NO4S2/c1-26(2)17-12-16(10-11-28)24(22(26)13-17)27-25(29)21-15-32-23-9-8-18(14-20(21)23)31-33(30)19-6-4-3-5-7-19/h3-9,14-17,22,24,28H,10-13H2,1-2H3,(H,27,29)/t16-,17-,22-,24?,33?/m0/s1. The van der Waals surface area contributed by atoms with E-state index in [4.69, 9.17) is 4.18 Å². The molecule has 2 N–H and O–H groups in total. The van der Waals surface area contributed by atoms with Gasteiger partial charge in [0, 0.05) is 28.1 Å². The predicted octanol–water partition coefficient (Wildman–Crippen LogP) is 5.17. The zero-order chi connectivity index (χ0) is 23.2. The summed E-state index contributed by atoms with van der Waals surface area (Å²) < 4.78 is 19.2. The molecule has 2 bridgehead atoms. The molecule has 1 amide bonds. The molecular weight excluding hydrogens is 454 g/mol. The van der Waals surface area contributed by atoms with Crippen molar-refractivity contribution in [2.24, 2.45) is 23.2 Å². The number of carbonyl (C=O) groups excluding carboxylic acids is 1. The predicted molar refractivity (Wildman–Crippen MR) is 132 cm³/mol. The van der Waals surface area contributed by atoms with E-state index in [9.17, 15) is 14.1 Å². The summed E-state index contributed by atoms with van der Waals surface area (Å²) in [6.07, 6.45) is 2.93. The van der Waals surface area contributed by atoms with E-state index in [1.807, 2.05) is 29.6 Å². The highest BCUT2D eigenvalue weighted by Crippen LogP contribution is 2.61. The van der Waals surface area contributed by atoms with Crippen LogP contribution in [0.1, 0.15) is 43.5 Å². The summed E-state index contributed by atoms with van der Waals surface area (Å²) in [6, 6.07) is 14.6. The number of aliphatic hydroxyl groups is 1. The van der Waals surface area contributed by atoms with Crippen molar-refractivity contribution in [3.05, 3.63) is 59.5 Å². The van der Waals surface area contributed by atoms with Gasteiger partial charge in [-0.2, -0.15) is 0 Å². The fraction of sp³-hybridized carbons (Fsp3) is 0.423. The number of aliphatic hydroxyl groups excluding tert-OH is 1. The van der Waals surface area contributed by atoms with Gasteiger partial charge in [0.1, 0.15) is 5.75 Å². The maximum absolute atomic E-state index is 13.4. The van der Waals surface area contributed by atoms with Gasteiger partial charge >= 0.3 is 0 Å². The van der Waals surface area contributed by atoms with E-state index < -0.39 is 11.1 Å². The highest BCUT2D eigenvalue weighted by molar-refractivity contribution is 7.80. The van der Waals surface area contributed by atoms with Crippen LogP contribution in [0.15, 0.2) is 58.8 Å². The van der Waals surface area contributed by atoms with Gasteiger partial charge in [-0.1, -0.05) is 32.0 Å². The number of fused-ring (bicyclic) bond motifs is 3. The Balaban J connectivity index is 1.37. The summed E-state index contributed by atoms with van der Waals surface area (Å²) in [5.41, 5.74) is 0.844. The zero-order valence-electron chi connectivity index (χ0n) is 18.8. The minimum absolute atomic E-state index is 0.0737. The molecule has 0 radical (unpaired) electrons. The molecule has 1 aromatic heterocycles. The molecule has 5 nitrogen and oxygen atoms in total. The van der Waals surface area contributed by atoms with E-state index in [1.165, 1.54) is 11.3 Å². The van der Waals surface area contributed by atoms with Crippen LogP contribution in [0.5, 0.6) is 5.75 Å². The third kappa shape index (κ3) is 4.11. The molecule has 0 saturated heterocycles. The molecule has 33 heavy (non-hydrogen) atoms. The zero-order valence-corrected chi connectivity index (χ0v) is 20.5. The van der Waals surface area contributed by atoms with Crippen LogP contribution in [0.4, 0.5) is 0 Å². The van der Waals surface area contributed by atoms with Gasteiger partial charge in [0.15, 0.2) is 0 Å². The van der Waals surface area contributed by atoms with Crippen LogP contribution in [0, 0.1) is 23.2 Å². The van der Waals surface area contributed by atoms with E-state index in [2.05, 4.69) is 19.2 Å². The number of amides is 1. The Hall–Kier alpha value is -2.22. The van der Waals surface area contributed by atoms with Crippen molar-refractivity contribution in [3.63, 3.8) is 0 Å². The lowest BCUT2D eigenvalue weighted by Crippen LogP contribution is -2.63. The first-order valence-electron chi connectivity index (χ1n) is 11.5. The van der Waals surface area contributed by atoms with Crippen LogP contribution in [0.2, 0.25) is 0 Å². The highest BCUT2D eigenvalue weighted by Gasteiger charge is 2.57. The minimum Gasteiger partial charge on any atom is -0.397 e. The molecule has 3 aromatic rings. The largest absolute Gasteiger partial charge is 0.397 e. The van der Waals surface area contributed by atoms with E-state index >= 15 is 0 Å². The molecule has 5 atom stereocenters. The molecule has 6 rings (SSSR count). The summed E-state index contributed by atoms with van der Waals surface area (Å²) in [5, 5.41) is 15.6. The number of hydrogen-bond acceptors (Lipinski definition) is 5. The van der Waals surface area contributed by atoms with Gasteiger partial charge in [0.05, 0.1) is 10.5 Å². The molecule has 3 fully saturated rings. The Morgan fingerprint density at radius 2 is 2.00 bits per heavy atom. The van der Waals surface area contributed by atoms with E-state index in [1.54, 1.807) is 24.3 Å². The van der Waals surface area contributed by atoms with Crippen LogP contribution in [-0.4, -0.2) is 27.9 Å². The third-order valence-electron chi connectivity index (χ3n) is 7.77. The Labute approximate surface area is 200 Å². The fourth-order valence-electron chi connectivity index (χ4n) is 5.72. The first-order chi connectivity index (χ1) is 15.9. The number of thiophene rings is 1. The molecule has 7 heteroatoms. The molecule has 0 aliphatic heterocycles. The topological polar surface area (TPSA) is 75.6 Å². The van der Waals surface area contributed by atoms with Crippen LogP contribution in [0.25, 0.3) is 10.1 Å². The SMILES string of the molecule is CC1(C)[C@H]2C[C@H](CCO)C(NC(=O)c3csc4ccc(OS(=O)c5ccccc5)cc34)[C@@H]1C2. The smallest absolute Gasteiger partial charge is 0.252 e. The molecule has 3 aliphatic rings. The van der Waals surface area contributed by atoms with Crippen molar-refractivity contribution in [1.29, 1.82) is 0 Å².